The maximum atomic E-state index is 12.0. The van der Waals surface area contributed by atoms with E-state index in [2.05, 4.69) is 5.32 Å². The van der Waals surface area contributed by atoms with Crippen LogP contribution in [0.25, 0.3) is 0 Å². The number of carboxylic acid groups (broad SMARTS) is 1. The van der Waals surface area contributed by atoms with Gasteiger partial charge in [-0.1, -0.05) is 17.7 Å². The van der Waals surface area contributed by atoms with Gasteiger partial charge in [0.05, 0.1) is 25.0 Å². The standard InChI is InChI=1S/C15H19NO4S/c1-9-3-4-10(2)13(5-9)21-8-14(17)16-12-7-20-6-11(12)15(18)19/h3-5,11-12H,6-8H2,1-2H3,(H,16,17)(H,18,19). The van der Waals surface area contributed by atoms with Crippen molar-refractivity contribution in [3.63, 3.8) is 0 Å². The lowest BCUT2D eigenvalue weighted by atomic mass is 10.0. The molecule has 2 atom stereocenters. The summed E-state index contributed by atoms with van der Waals surface area (Å²) in [7, 11) is 0. The Morgan fingerprint density at radius 2 is 2.14 bits per heavy atom. The summed E-state index contributed by atoms with van der Waals surface area (Å²) in [6, 6.07) is 5.67. The minimum atomic E-state index is -0.931. The largest absolute Gasteiger partial charge is 0.481 e. The van der Waals surface area contributed by atoms with E-state index in [4.69, 9.17) is 9.84 Å². The molecule has 1 aromatic rings. The molecule has 1 heterocycles. The van der Waals surface area contributed by atoms with Crippen LogP contribution >= 0.6 is 11.8 Å². The molecule has 1 amide bonds. The van der Waals surface area contributed by atoms with Crippen molar-refractivity contribution in [1.29, 1.82) is 0 Å². The maximum absolute atomic E-state index is 12.0. The number of hydrogen-bond donors (Lipinski definition) is 2. The molecule has 1 saturated heterocycles. The summed E-state index contributed by atoms with van der Waals surface area (Å²) >= 11 is 1.46. The molecular weight excluding hydrogens is 290 g/mol. The summed E-state index contributed by atoms with van der Waals surface area (Å²) in [5.74, 6) is -1.48. The van der Waals surface area contributed by atoms with Gasteiger partial charge in [-0.15, -0.1) is 11.8 Å². The fourth-order valence-corrected chi connectivity index (χ4v) is 3.13. The zero-order valence-corrected chi connectivity index (χ0v) is 12.9. The van der Waals surface area contributed by atoms with Gasteiger partial charge in [-0.05, 0) is 25.5 Å². The first-order valence-electron chi connectivity index (χ1n) is 6.77. The van der Waals surface area contributed by atoms with Gasteiger partial charge in [0.2, 0.25) is 5.91 Å². The minimum Gasteiger partial charge on any atom is -0.481 e. The van der Waals surface area contributed by atoms with Gasteiger partial charge in [0.1, 0.15) is 5.92 Å². The molecule has 0 aliphatic carbocycles. The van der Waals surface area contributed by atoms with E-state index in [1.54, 1.807) is 0 Å². The Morgan fingerprint density at radius 1 is 1.38 bits per heavy atom. The SMILES string of the molecule is Cc1ccc(C)c(SCC(=O)NC2COCC2C(=O)O)c1. The van der Waals surface area contributed by atoms with E-state index in [1.165, 1.54) is 11.8 Å². The third-order valence-electron chi connectivity index (χ3n) is 3.45. The number of nitrogens with one attached hydrogen (secondary N) is 1. The molecule has 0 radical (unpaired) electrons. The van der Waals surface area contributed by atoms with E-state index in [9.17, 15) is 9.59 Å². The number of ether oxygens (including phenoxy) is 1. The number of aliphatic carboxylic acids is 1. The van der Waals surface area contributed by atoms with Crippen LogP contribution in [0.2, 0.25) is 0 Å². The molecule has 0 bridgehead atoms. The predicted octanol–water partition coefficient (Wildman–Crippen LogP) is 1.61. The molecule has 2 N–H and O–H groups in total. The van der Waals surface area contributed by atoms with Gasteiger partial charge >= 0.3 is 5.97 Å². The van der Waals surface area contributed by atoms with E-state index in [1.807, 2.05) is 32.0 Å². The fourth-order valence-electron chi connectivity index (χ4n) is 2.19. The zero-order valence-electron chi connectivity index (χ0n) is 12.1. The van der Waals surface area contributed by atoms with Gasteiger partial charge in [-0.3, -0.25) is 9.59 Å². The van der Waals surface area contributed by atoms with Crippen LogP contribution in [-0.4, -0.2) is 42.0 Å². The van der Waals surface area contributed by atoms with E-state index >= 15 is 0 Å². The summed E-state index contributed by atoms with van der Waals surface area (Å²) in [5, 5.41) is 11.8. The van der Waals surface area contributed by atoms with Crippen molar-refractivity contribution in [2.24, 2.45) is 5.92 Å². The lowest BCUT2D eigenvalue weighted by Gasteiger charge is -2.15. The average Bonchev–Trinajstić information content (AvgIpc) is 2.88. The number of rotatable bonds is 5. The number of aryl methyl sites for hydroxylation is 2. The highest BCUT2D eigenvalue weighted by atomic mass is 32.2. The van der Waals surface area contributed by atoms with Crippen molar-refractivity contribution in [1.82, 2.24) is 5.32 Å². The predicted molar refractivity (Wildman–Crippen MR) is 80.5 cm³/mol. The fraction of sp³-hybridized carbons (Fsp3) is 0.467. The quantitative estimate of drug-likeness (QED) is 0.808. The lowest BCUT2D eigenvalue weighted by Crippen LogP contribution is -2.43. The van der Waals surface area contributed by atoms with Crippen LogP contribution < -0.4 is 5.32 Å². The Hall–Kier alpha value is -1.53. The Morgan fingerprint density at radius 3 is 2.86 bits per heavy atom. The molecule has 1 aromatic carbocycles. The van der Waals surface area contributed by atoms with E-state index in [-0.39, 0.29) is 24.9 Å². The van der Waals surface area contributed by atoms with Gasteiger partial charge in [0.25, 0.3) is 0 Å². The molecule has 0 spiro atoms. The molecule has 1 aliphatic heterocycles. The molecule has 2 rings (SSSR count). The van der Waals surface area contributed by atoms with E-state index < -0.39 is 17.9 Å². The van der Waals surface area contributed by atoms with E-state index in [0.717, 1.165) is 16.0 Å². The zero-order chi connectivity index (χ0) is 15.4. The van der Waals surface area contributed by atoms with Crippen LogP contribution in [0.3, 0.4) is 0 Å². The van der Waals surface area contributed by atoms with E-state index in [0.29, 0.717) is 0 Å². The number of benzene rings is 1. The Kier molecular flexibility index (Phi) is 5.25. The Labute approximate surface area is 128 Å². The van der Waals surface area contributed by atoms with Crippen molar-refractivity contribution in [2.75, 3.05) is 19.0 Å². The van der Waals surface area contributed by atoms with Crippen molar-refractivity contribution >= 4 is 23.6 Å². The van der Waals surface area contributed by atoms with Gasteiger partial charge < -0.3 is 15.2 Å². The molecular formula is C15H19NO4S. The number of amides is 1. The topological polar surface area (TPSA) is 75.6 Å². The van der Waals surface area contributed by atoms with Crippen molar-refractivity contribution in [3.05, 3.63) is 29.3 Å². The minimum absolute atomic E-state index is 0.157. The monoisotopic (exact) mass is 309 g/mol. The highest BCUT2D eigenvalue weighted by Crippen LogP contribution is 2.23. The molecule has 2 unspecified atom stereocenters. The lowest BCUT2D eigenvalue weighted by molar-refractivity contribution is -0.142. The second kappa shape index (κ2) is 6.95. The third-order valence-corrected chi connectivity index (χ3v) is 4.60. The van der Waals surface area contributed by atoms with Gasteiger partial charge in [-0.25, -0.2) is 0 Å². The van der Waals surface area contributed by atoms with Crippen molar-refractivity contribution in [3.8, 4) is 0 Å². The second-order valence-corrected chi connectivity index (χ2v) is 6.23. The molecule has 0 aromatic heterocycles. The summed E-state index contributed by atoms with van der Waals surface area (Å²) in [5.41, 5.74) is 2.28. The molecule has 114 valence electrons. The first kappa shape index (κ1) is 15.9. The number of thioether (sulfide) groups is 1. The molecule has 1 fully saturated rings. The number of hydrogen-bond acceptors (Lipinski definition) is 4. The average molecular weight is 309 g/mol. The molecule has 6 heteroatoms. The van der Waals surface area contributed by atoms with Gasteiger partial charge in [0, 0.05) is 4.90 Å². The highest BCUT2D eigenvalue weighted by molar-refractivity contribution is 8.00. The summed E-state index contributed by atoms with van der Waals surface area (Å²) in [4.78, 5) is 24.0. The van der Waals surface area contributed by atoms with Gasteiger partial charge in [0.15, 0.2) is 0 Å². The van der Waals surface area contributed by atoms with Crippen molar-refractivity contribution in [2.45, 2.75) is 24.8 Å². The molecule has 5 nitrogen and oxygen atoms in total. The highest BCUT2D eigenvalue weighted by Gasteiger charge is 2.34. The van der Waals surface area contributed by atoms with Gasteiger partial charge in [-0.2, -0.15) is 0 Å². The Bertz CT molecular complexity index is 546. The smallest absolute Gasteiger partial charge is 0.311 e. The number of carbonyl (C=O) groups is 2. The van der Waals surface area contributed by atoms with Crippen molar-refractivity contribution < 1.29 is 19.4 Å². The summed E-state index contributed by atoms with van der Waals surface area (Å²) < 4.78 is 5.13. The molecule has 0 saturated carbocycles. The first-order chi connectivity index (χ1) is 9.97. The second-order valence-electron chi connectivity index (χ2n) is 5.21. The summed E-state index contributed by atoms with van der Waals surface area (Å²) in [6.45, 7) is 4.43. The third kappa shape index (κ3) is 4.22. The molecule has 21 heavy (non-hydrogen) atoms. The van der Waals surface area contributed by atoms with Crippen LogP contribution in [0.1, 0.15) is 11.1 Å². The molecule has 1 aliphatic rings. The van der Waals surface area contributed by atoms with Crippen LogP contribution in [-0.2, 0) is 14.3 Å². The van der Waals surface area contributed by atoms with Crippen LogP contribution in [0.15, 0.2) is 23.1 Å². The van der Waals surface area contributed by atoms with Crippen LogP contribution in [0.5, 0.6) is 0 Å². The number of carbonyl (C=O) groups excluding carboxylic acids is 1. The maximum Gasteiger partial charge on any atom is 0.311 e. The van der Waals surface area contributed by atoms with Crippen LogP contribution in [0, 0.1) is 19.8 Å². The first-order valence-corrected chi connectivity index (χ1v) is 7.76. The summed E-state index contributed by atoms with van der Waals surface area (Å²) in [6.07, 6.45) is 0. The normalized spacial score (nSPS) is 21.2. The Balaban J connectivity index is 1.87. The number of carboxylic acids is 1. The van der Waals surface area contributed by atoms with Crippen LogP contribution in [0.4, 0.5) is 0 Å².